The van der Waals surface area contributed by atoms with Crippen LogP contribution in [-0.4, -0.2) is 53.5 Å². The molecule has 2 atom stereocenters. The number of para-hydroxylation sites is 1. The van der Waals surface area contributed by atoms with E-state index in [0.717, 1.165) is 51.9 Å². The normalized spacial score (nSPS) is 22.5. The van der Waals surface area contributed by atoms with Gasteiger partial charge in [0.15, 0.2) is 5.78 Å². The van der Waals surface area contributed by atoms with Crippen LogP contribution in [0.4, 0.5) is 11.4 Å². The highest BCUT2D eigenvalue weighted by Gasteiger charge is 2.40. The number of nitrogens with one attached hydrogen (secondary N) is 1. The van der Waals surface area contributed by atoms with Crippen LogP contribution >= 0.6 is 0 Å². The van der Waals surface area contributed by atoms with Crippen LogP contribution in [0, 0.1) is 5.92 Å². The molecule has 35 heavy (non-hydrogen) atoms. The molecule has 5 nitrogen and oxygen atoms in total. The lowest BCUT2D eigenvalue weighted by atomic mass is 9.80. The van der Waals surface area contributed by atoms with Crippen molar-refractivity contribution in [3.05, 3.63) is 60.3 Å². The number of fused-ring (bicyclic) bond motifs is 2. The predicted molar refractivity (Wildman–Crippen MR) is 144 cm³/mol. The van der Waals surface area contributed by atoms with Crippen molar-refractivity contribution in [3.8, 4) is 0 Å². The summed E-state index contributed by atoms with van der Waals surface area (Å²) in [4.78, 5) is 19.1. The van der Waals surface area contributed by atoms with Gasteiger partial charge in [-0.2, -0.15) is 0 Å². The maximum atomic E-state index is 14.0. The summed E-state index contributed by atoms with van der Waals surface area (Å²) in [5, 5.41) is 5.13. The molecule has 2 aromatic carbocycles. The maximum absolute atomic E-state index is 14.0. The minimum Gasteiger partial charge on any atom is -0.380 e. The third-order valence-electron chi connectivity index (χ3n) is 8.72. The number of carbonyl (C=O) groups is 1. The van der Waals surface area contributed by atoms with Crippen molar-refractivity contribution in [1.82, 2.24) is 9.47 Å². The summed E-state index contributed by atoms with van der Waals surface area (Å²) in [5.74, 6) is 0.740. The first kappa shape index (κ1) is 22.7. The van der Waals surface area contributed by atoms with Crippen molar-refractivity contribution in [3.63, 3.8) is 0 Å². The Morgan fingerprint density at radius 2 is 1.71 bits per heavy atom. The van der Waals surface area contributed by atoms with Gasteiger partial charge in [-0.1, -0.05) is 43.5 Å². The lowest BCUT2D eigenvalue weighted by Crippen LogP contribution is -2.60. The Labute approximate surface area is 209 Å². The highest BCUT2D eigenvalue weighted by atomic mass is 16.1. The fourth-order valence-corrected chi connectivity index (χ4v) is 6.76. The van der Waals surface area contributed by atoms with Crippen molar-refractivity contribution in [2.45, 2.75) is 57.0 Å². The summed E-state index contributed by atoms with van der Waals surface area (Å²) in [6, 6.07) is 17.7. The molecule has 1 saturated heterocycles. The number of piperazine rings is 1. The Bertz CT molecular complexity index is 1190. The lowest BCUT2D eigenvalue weighted by Gasteiger charge is -2.45. The molecule has 0 spiro atoms. The molecule has 1 saturated carbocycles. The van der Waals surface area contributed by atoms with E-state index >= 15 is 0 Å². The van der Waals surface area contributed by atoms with E-state index in [0.29, 0.717) is 5.78 Å². The van der Waals surface area contributed by atoms with E-state index in [9.17, 15) is 4.79 Å². The van der Waals surface area contributed by atoms with E-state index in [1.54, 1.807) is 0 Å². The molecule has 0 amide bonds. The van der Waals surface area contributed by atoms with Gasteiger partial charge in [0.1, 0.15) is 0 Å². The maximum Gasteiger partial charge on any atom is 0.155 e. The van der Waals surface area contributed by atoms with Crippen LogP contribution in [0.2, 0.25) is 0 Å². The van der Waals surface area contributed by atoms with Crippen molar-refractivity contribution in [2.75, 3.05) is 36.4 Å². The number of benzene rings is 2. The second kappa shape index (κ2) is 9.69. The van der Waals surface area contributed by atoms with Gasteiger partial charge in [0, 0.05) is 73.7 Å². The van der Waals surface area contributed by atoms with Gasteiger partial charge in [-0.3, -0.25) is 9.69 Å². The molecule has 1 aliphatic carbocycles. The summed E-state index contributed by atoms with van der Waals surface area (Å²) in [6.45, 7) is 3.80. The van der Waals surface area contributed by atoms with Gasteiger partial charge in [0.05, 0.1) is 6.04 Å². The summed E-state index contributed by atoms with van der Waals surface area (Å²) in [7, 11) is 2.11. The van der Waals surface area contributed by atoms with E-state index in [1.807, 2.05) is 0 Å². The highest BCUT2D eigenvalue weighted by Crippen LogP contribution is 2.33. The smallest absolute Gasteiger partial charge is 0.155 e. The number of nitrogens with zero attached hydrogens (tertiary/aromatic N) is 3. The number of aromatic nitrogens is 1. The summed E-state index contributed by atoms with van der Waals surface area (Å²) in [6.07, 6.45) is 10.1. The van der Waals surface area contributed by atoms with Crippen LogP contribution in [0.25, 0.3) is 10.9 Å². The Hall–Kier alpha value is -2.79. The van der Waals surface area contributed by atoms with E-state index in [1.165, 1.54) is 47.1 Å². The number of anilines is 2. The quantitative estimate of drug-likeness (QED) is 0.553. The minimum absolute atomic E-state index is 0.0267. The second-order valence-corrected chi connectivity index (χ2v) is 10.8. The molecular weight excluding hydrogens is 432 g/mol. The molecule has 1 aromatic heterocycles. The predicted octanol–water partition coefficient (Wildman–Crippen LogP) is 5.25. The Morgan fingerprint density at radius 1 is 0.914 bits per heavy atom. The van der Waals surface area contributed by atoms with Gasteiger partial charge in [0.2, 0.25) is 0 Å². The minimum atomic E-state index is -0.0267. The van der Waals surface area contributed by atoms with Gasteiger partial charge >= 0.3 is 0 Å². The zero-order chi connectivity index (χ0) is 23.8. The molecule has 1 unspecified atom stereocenters. The molecule has 2 aliphatic heterocycles. The first-order valence-electron chi connectivity index (χ1n) is 13.6. The summed E-state index contributed by atoms with van der Waals surface area (Å²) >= 11 is 0. The monoisotopic (exact) mass is 470 g/mol. The van der Waals surface area contributed by atoms with Crippen LogP contribution in [0.1, 0.15) is 44.1 Å². The number of rotatable bonds is 5. The molecule has 3 aromatic rings. The number of ketones is 1. The molecule has 6 rings (SSSR count). The average molecular weight is 471 g/mol. The van der Waals surface area contributed by atoms with E-state index < -0.39 is 0 Å². The Kier molecular flexibility index (Phi) is 6.28. The number of Topliss-reactive ketones (excluding diaryl/α,β-unsaturated/α-hetero) is 1. The third kappa shape index (κ3) is 4.35. The van der Waals surface area contributed by atoms with E-state index in [4.69, 9.17) is 0 Å². The van der Waals surface area contributed by atoms with E-state index in [2.05, 4.69) is 81.5 Å². The Balaban J connectivity index is 1.23. The number of hydrogen-bond donors (Lipinski definition) is 1. The number of hydrogen-bond acceptors (Lipinski definition) is 4. The van der Waals surface area contributed by atoms with Crippen LogP contribution in [-0.2, 0) is 18.3 Å². The summed E-state index contributed by atoms with van der Waals surface area (Å²) in [5.41, 5.74) is 5.20. The van der Waals surface area contributed by atoms with E-state index in [-0.39, 0.29) is 18.0 Å². The van der Waals surface area contributed by atoms with Gasteiger partial charge in [-0.25, -0.2) is 0 Å². The molecular formula is C30H38N4O. The van der Waals surface area contributed by atoms with Gasteiger partial charge < -0.3 is 14.8 Å². The summed E-state index contributed by atoms with van der Waals surface area (Å²) < 4.78 is 2.19. The number of aryl methyl sites for hydroxylation is 2. The van der Waals surface area contributed by atoms with Gasteiger partial charge in [0.25, 0.3) is 0 Å². The molecule has 184 valence electrons. The van der Waals surface area contributed by atoms with Crippen molar-refractivity contribution < 1.29 is 4.79 Å². The first-order chi connectivity index (χ1) is 17.2. The molecule has 3 heterocycles. The van der Waals surface area contributed by atoms with Crippen LogP contribution in [0.3, 0.4) is 0 Å². The molecule has 3 aliphatic rings. The van der Waals surface area contributed by atoms with Crippen molar-refractivity contribution in [1.29, 1.82) is 0 Å². The van der Waals surface area contributed by atoms with Gasteiger partial charge in [-0.15, -0.1) is 0 Å². The molecule has 0 bridgehead atoms. The van der Waals surface area contributed by atoms with Crippen LogP contribution in [0.5, 0.6) is 0 Å². The first-order valence-corrected chi connectivity index (χ1v) is 13.6. The topological polar surface area (TPSA) is 40.5 Å². The molecule has 5 heteroatoms. The van der Waals surface area contributed by atoms with Crippen LogP contribution in [0.15, 0.2) is 54.7 Å². The molecule has 1 N–H and O–H groups in total. The van der Waals surface area contributed by atoms with Crippen LogP contribution < -0.4 is 10.2 Å². The fourth-order valence-electron chi connectivity index (χ4n) is 6.76. The zero-order valence-corrected chi connectivity index (χ0v) is 21.0. The SMILES string of the molecule is Cn1ccc2c(N3CCN([C@@H](C(=O)C4CCCCC4)C4CCc5ccccc5N4)CC3)cccc21. The lowest BCUT2D eigenvalue weighted by molar-refractivity contribution is -0.130. The average Bonchev–Trinajstić information content (AvgIpc) is 3.30. The molecule has 0 radical (unpaired) electrons. The fraction of sp³-hybridized carbons (Fsp3) is 0.500. The third-order valence-corrected chi connectivity index (χ3v) is 8.72. The molecule has 2 fully saturated rings. The van der Waals surface area contributed by atoms with Crippen molar-refractivity contribution in [2.24, 2.45) is 13.0 Å². The number of carbonyl (C=O) groups excluding carboxylic acids is 1. The Morgan fingerprint density at radius 3 is 2.54 bits per heavy atom. The highest BCUT2D eigenvalue weighted by molar-refractivity contribution is 5.93. The van der Waals surface area contributed by atoms with Crippen molar-refractivity contribution >= 4 is 28.1 Å². The zero-order valence-electron chi connectivity index (χ0n) is 21.0. The standard InChI is InChI=1S/C30H38N4O/c1-32-17-16-24-27(32)12-7-13-28(24)33-18-20-34(21-19-33)29(30(35)23-9-3-2-4-10-23)26-15-14-22-8-5-6-11-25(22)31-26/h5-8,11-13,16-17,23,26,29,31H,2-4,9-10,14-15,18-21H2,1H3/t26?,29-/m1/s1. The van der Waals surface area contributed by atoms with Gasteiger partial charge in [-0.05, 0) is 55.5 Å². The largest absolute Gasteiger partial charge is 0.380 e. The second-order valence-electron chi connectivity index (χ2n) is 10.8.